The second kappa shape index (κ2) is 6.45. The van der Waals surface area contributed by atoms with E-state index < -0.39 is 19.7 Å². The minimum absolute atomic E-state index is 0.398. The molecule has 24 heavy (non-hydrogen) atoms. The van der Waals surface area contributed by atoms with Gasteiger partial charge in [0.05, 0.1) is 12.0 Å². The molecule has 0 bridgehead atoms. The van der Waals surface area contributed by atoms with E-state index in [0.717, 1.165) is 10.6 Å². The standard InChI is InChI=1S/C19H17BF3P/c1-24(16-10-4-2-5-11-16,17-12-6-3-7-13-17)19-15-9-8-14-18(19)20(21,22)23/h2-15H,1H3. The normalized spacial score (nSPS) is 12.2. The third kappa shape index (κ3) is 2.99. The molecule has 0 aliphatic rings. The van der Waals surface area contributed by atoms with Gasteiger partial charge in [0.1, 0.15) is 17.9 Å². The fourth-order valence-corrected chi connectivity index (χ4v) is 6.56. The van der Waals surface area contributed by atoms with Crippen LogP contribution in [0.5, 0.6) is 0 Å². The Balaban J connectivity index is 2.33. The fraction of sp³-hybridized carbons (Fsp3) is 0.0526. The van der Waals surface area contributed by atoms with E-state index in [2.05, 4.69) is 0 Å². The molecule has 0 saturated carbocycles. The van der Waals surface area contributed by atoms with E-state index in [4.69, 9.17) is 0 Å². The molecular formula is C19H17BF3P. The predicted molar refractivity (Wildman–Crippen MR) is 99.8 cm³/mol. The van der Waals surface area contributed by atoms with Crippen molar-refractivity contribution in [1.29, 1.82) is 0 Å². The second-order valence-corrected chi connectivity index (χ2v) is 9.34. The summed E-state index contributed by atoms with van der Waals surface area (Å²) < 4.78 is 41.1. The lowest BCUT2D eigenvalue weighted by atomic mass is 9.80. The Morgan fingerprint density at radius 3 is 1.50 bits per heavy atom. The van der Waals surface area contributed by atoms with Crippen molar-refractivity contribution in [1.82, 2.24) is 0 Å². The fourth-order valence-electron chi connectivity index (χ4n) is 3.05. The largest absolute Gasteiger partial charge is 0.513 e. The quantitative estimate of drug-likeness (QED) is 0.501. The molecule has 0 saturated heterocycles. The third-order valence-electron chi connectivity index (χ3n) is 4.32. The molecule has 0 aromatic heterocycles. The van der Waals surface area contributed by atoms with Crippen molar-refractivity contribution in [2.45, 2.75) is 0 Å². The average Bonchev–Trinajstić information content (AvgIpc) is 2.62. The molecule has 0 atom stereocenters. The van der Waals surface area contributed by atoms with Crippen LogP contribution in [0.4, 0.5) is 12.9 Å². The van der Waals surface area contributed by atoms with E-state index in [9.17, 15) is 12.9 Å². The Labute approximate surface area is 140 Å². The van der Waals surface area contributed by atoms with Crippen LogP contribution in [-0.2, 0) is 0 Å². The first-order valence-electron chi connectivity index (χ1n) is 7.71. The van der Waals surface area contributed by atoms with Gasteiger partial charge in [0.25, 0.3) is 0 Å². The zero-order valence-electron chi connectivity index (χ0n) is 13.2. The maximum absolute atomic E-state index is 13.7. The minimum atomic E-state index is -5.07. The molecule has 0 nitrogen and oxygen atoms in total. The lowest BCUT2D eigenvalue weighted by molar-refractivity contribution is 0.501. The van der Waals surface area contributed by atoms with Gasteiger partial charge in [-0.25, -0.2) is 0 Å². The SMILES string of the molecule is C[P+](c1ccccc1)(c1ccccc1)c1ccccc1[B-](F)(F)F. The summed E-state index contributed by atoms with van der Waals surface area (Å²) in [6.45, 7) is -3.10. The van der Waals surface area contributed by atoms with Crippen molar-refractivity contribution in [3.63, 3.8) is 0 Å². The van der Waals surface area contributed by atoms with E-state index >= 15 is 0 Å². The molecule has 0 radical (unpaired) electrons. The van der Waals surface area contributed by atoms with Crippen molar-refractivity contribution in [3.8, 4) is 0 Å². The Hall–Kier alpha value is -2.06. The van der Waals surface area contributed by atoms with Crippen LogP contribution in [-0.4, -0.2) is 13.6 Å². The molecule has 5 heteroatoms. The topological polar surface area (TPSA) is 0 Å². The van der Waals surface area contributed by atoms with Crippen molar-refractivity contribution in [2.75, 3.05) is 6.66 Å². The highest BCUT2D eigenvalue weighted by atomic mass is 31.2. The summed E-state index contributed by atoms with van der Waals surface area (Å²) in [7, 11) is -2.36. The molecule has 0 N–H and O–H groups in total. The van der Waals surface area contributed by atoms with E-state index in [1.807, 2.05) is 67.3 Å². The van der Waals surface area contributed by atoms with Gasteiger partial charge in [0.2, 0.25) is 0 Å². The smallest absolute Gasteiger partial charge is 0.445 e. The zero-order valence-corrected chi connectivity index (χ0v) is 14.1. The molecule has 0 spiro atoms. The van der Waals surface area contributed by atoms with E-state index in [-0.39, 0.29) is 0 Å². The van der Waals surface area contributed by atoms with Crippen molar-refractivity contribution in [3.05, 3.63) is 84.9 Å². The Kier molecular flexibility index (Phi) is 4.51. The highest BCUT2D eigenvalue weighted by Crippen LogP contribution is 2.51. The van der Waals surface area contributed by atoms with Gasteiger partial charge >= 0.3 is 6.98 Å². The zero-order chi connectivity index (χ0) is 17.2. The lowest BCUT2D eigenvalue weighted by Gasteiger charge is -2.28. The number of halogens is 3. The van der Waals surface area contributed by atoms with Crippen LogP contribution in [0.1, 0.15) is 0 Å². The molecule has 0 aliphatic heterocycles. The first kappa shape index (κ1) is 16.8. The highest BCUT2D eigenvalue weighted by molar-refractivity contribution is 7.95. The summed E-state index contributed by atoms with van der Waals surface area (Å²) in [6.07, 6.45) is 0. The van der Waals surface area contributed by atoms with Gasteiger partial charge < -0.3 is 12.9 Å². The summed E-state index contributed by atoms with van der Waals surface area (Å²) in [5.41, 5.74) is -0.485. The molecular weight excluding hydrogens is 327 g/mol. The van der Waals surface area contributed by atoms with E-state index in [1.165, 1.54) is 12.1 Å². The Morgan fingerprint density at radius 2 is 1.04 bits per heavy atom. The lowest BCUT2D eigenvalue weighted by Crippen LogP contribution is -2.48. The van der Waals surface area contributed by atoms with Crippen LogP contribution < -0.4 is 21.4 Å². The van der Waals surface area contributed by atoms with Crippen LogP contribution in [0, 0.1) is 0 Å². The molecule has 3 aromatic carbocycles. The van der Waals surface area contributed by atoms with Gasteiger partial charge in [0.15, 0.2) is 0 Å². The average molecular weight is 344 g/mol. The Morgan fingerprint density at radius 1 is 0.625 bits per heavy atom. The molecule has 0 unspecified atom stereocenters. The first-order valence-corrected chi connectivity index (χ1v) is 9.95. The molecule has 0 heterocycles. The monoisotopic (exact) mass is 344 g/mol. The van der Waals surface area contributed by atoms with Crippen LogP contribution in [0.15, 0.2) is 84.9 Å². The van der Waals surface area contributed by atoms with Crippen molar-refractivity contribution in [2.24, 2.45) is 0 Å². The maximum Gasteiger partial charge on any atom is 0.513 e. The van der Waals surface area contributed by atoms with Crippen LogP contribution in [0.2, 0.25) is 0 Å². The summed E-state index contributed by atoms with van der Waals surface area (Å²) in [4.78, 5) is 0. The minimum Gasteiger partial charge on any atom is -0.445 e. The van der Waals surface area contributed by atoms with Gasteiger partial charge in [0, 0.05) is 0 Å². The number of rotatable bonds is 4. The number of benzene rings is 3. The van der Waals surface area contributed by atoms with Gasteiger partial charge in [-0.05, 0) is 30.3 Å². The van der Waals surface area contributed by atoms with Gasteiger partial charge in [-0.3, -0.25) is 0 Å². The molecule has 0 fully saturated rings. The second-order valence-electron chi connectivity index (χ2n) is 5.81. The molecule has 3 aromatic rings. The molecule has 0 amide bonds. The predicted octanol–water partition coefficient (Wildman–Crippen LogP) is 3.66. The Bertz CT molecular complexity index is 777. The molecule has 0 aliphatic carbocycles. The third-order valence-corrected chi connectivity index (χ3v) is 8.35. The number of hydrogen-bond donors (Lipinski definition) is 0. The van der Waals surface area contributed by atoms with Crippen molar-refractivity contribution < 1.29 is 12.9 Å². The van der Waals surface area contributed by atoms with Crippen LogP contribution in [0.25, 0.3) is 0 Å². The van der Waals surface area contributed by atoms with Gasteiger partial charge in [-0.2, -0.15) is 0 Å². The van der Waals surface area contributed by atoms with E-state index in [1.54, 1.807) is 12.1 Å². The van der Waals surface area contributed by atoms with E-state index in [0.29, 0.717) is 5.30 Å². The highest BCUT2D eigenvalue weighted by Gasteiger charge is 2.44. The summed E-state index contributed by atoms with van der Waals surface area (Å²) >= 11 is 0. The summed E-state index contributed by atoms with van der Waals surface area (Å²) in [5, 5.41) is 2.29. The summed E-state index contributed by atoms with van der Waals surface area (Å²) in [5.74, 6) is 0. The van der Waals surface area contributed by atoms with Crippen LogP contribution in [0.3, 0.4) is 0 Å². The maximum atomic E-state index is 13.7. The molecule has 122 valence electrons. The van der Waals surface area contributed by atoms with Crippen LogP contribution >= 0.6 is 7.26 Å². The number of hydrogen-bond acceptors (Lipinski definition) is 0. The van der Waals surface area contributed by atoms with Gasteiger partial charge in [-0.15, -0.1) is 0 Å². The van der Waals surface area contributed by atoms with Gasteiger partial charge in [-0.1, -0.05) is 60.1 Å². The van der Waals surface area contributed by atoms with Crippen molar-refractivity contribution >= 4 is 35.6 Å². The molecule has 3 rings (SSSR count). The first-order chi connectivity index (χ1) is 11.4. The summed E-state index contributed by atoms with van der Waals surface area (Å²) in [6, 6.07) is 25.1.